The lowest BCUT2D eigenvalue weighted by Gasteiger charge is -2.21. The van der Waals surface area contributed by atoms with Crippen LogP contribution in [0.1, 0.15) is 12.8 Å². The van der Waals surface area contributed by atoms with Crippen molar-refractivity contribution in [3.63, 3.8) is 0 Å². The van der Waals surface area contributed by atoms with E-state index < -0.39 is 22.0 Å². The summed E-state index contributed by atoms with van der Waals surface area (Å²) >= 11 is 6.83. The van der Waals surface area contributed by atoms with Crippen LogP contribution in [0.4, 0.5) is 6.01 Å². The van der Waals surface area contributed by atoms with E-state index in [1.165, 1.54) is 30.7 Å². The second-order valence-electron chi connectivity index (χ2n) is 6.84. The number of hydrogen-bond donors (Lipinski definition) is 1. The summed E-state index contributed by atoms with van der Waals surface area (Å²) in [6.07, 6.45) is 0.924. The fourth-order valence-electron chi connectivity index (χ4n) is 3.35. The summed E-state index contributed by atoms with van der Waals surface area (Å²) in [4.78, 5) is 12.8. The second-order valence-corrected chi connectivity index (χ2v) is 10.7. The zero-order chi connectivity index (χ0) is 22.9. The van der Waals surface area contributed by atoms with Crippen molar-refractivity contribution < 1.29 is 27.1 Å². The number of carbonyl (C=O) groups is 1. The highest BCUT2D eigenvalue weighted by Gasteiger charge is 2.40. The van der Waals surface area contributed by atoms with E-state index in [9.17, 15) is 13.2 Å². The molecule has 32 heavy (non-hydrogen) atoms. The maximum absolute atomic E-state index is 12.9. The highest BCUT2D eigenvalue weighted by atomic mass is 35.5. The molecule has 1 unspecified atom stereocenters. The number of rotatable bonds is 7. The molecule has 0 spiro atoms. The third kappa shape index (κ3) is 4.44. The molecule has 0 bridgehead atoms. The number of nitrogens with one attached hydrogen (secondary N) is 1. The Kier molecular flexibility index (Phi) is 6.38. The van der Waals surface area contributed by atoms with Crippen molar-refractivity contribution in [3.05, 3.63) is 34.7 Å². The molecule has 3 heterocycles. The van der Waals surface area contributed by atoms with Crippen molar-refractivity contribution in [2.45, 2.75) is 23.1 Å². The Labute approximate surface area is 193 Å². The smallest absolute Gasteiger partial charge is 0.322 e. The molecule has 0 saturated carbocycles. The highest BCUT2D eigenvalue weighted by molar-refractivity contribution is 7.91. The number of benzene rings is 1. The number of aromatic nitrogens is 2. The van der Waals surface area contributed by atoms with Gasteiger partial charge in [-0.3, -0.25) is 10.1 Å². The molecule has 10 nitrogen and oxygen atoms in total. The Morgan fingerprint density at radius 3 is 2.56 bits per heavy atom. The van der Waals surface area contributed by atoms with E-state index in [-0.39, 0.29) is 22.7 Å². The number of methoxy groups -OCH3 is 2. The predicted octanol–water partition coefficient (Wildman–Crippen LogP) is 3.26. The monoisotopic (exact) mass is 498 g/mol. The minimum absolute atomic E-state index is 0.0919. The van der Waals surface area contributed by atoms with Crippen molar-refractivity contribution in [2.75, 3.05) is 26.1 Å². The van der Waals surface area contributed by atoms with Crippen molar-refractivity contribution in [1.29, 1.82) is 0 Å². The number of thiophene rings is 1. The zero-order valence-corrected chi connectivity index (χ0v) is 19.5. The summed E-state index contributed by atoms with van der Waals surface area (Å²) in [5, 5.41) is 10.3. The van der Waals surface area contributed by atoms with Gasteiger partial charge in [0.15, 0.2) is 0 Å². The van der Waals surface area contributed by atoms with Crippen LogP contribution in [-0.4, -0.2) is 55.6 Å². The lowest BCUT2D eigenvalue weighted by atomic mass is 10.2. The SMILES string of the molecule is COc1cc(OC)cc(-c2nnc(NC(=O)C3CCCN3S(=O)(=O)c3ccc(Cl)s3)o2)c1. The van der Waals surface area contributed by atoms with Gasteiger partial charge in [-0.15, -0.1) is 16.4 Å². The topological polar surface area (TPSA) is 124 Å². The van der Waals surface area contributed by atoms with E-state index in [4.69, 9.17) is 25.5 Å². The first-order valence-corrected chi connectivity index (χ1v) is 12.1. The molecule has 1 atom stereocenters. The van der Waals surface area contributed by atoms with Gasteiger partial charge in [0.05, 0.1) is 18.6 Å². The summed E-state index contributed by atoms with van der Waals surface area (Å²) in [7, 11) is -0.811. The van der Waals surface area contributed by atoms with Crippen LogP contribution < -0.4 is 14.8 Å². The maximum Gasteiger partial charge on any atom is 0.322 e. The van der Waals surface area contributed by atoms with Crippen LogP contribution in [0.2, 0.25) is 4.34 Å². The first-order chi connectivity index (χ1) is 15.3. The number of halogens is 1. The Balaban J connectivity index is 1.52. The van der Waals surface area contributed by atoms with Gasteiger partial charge in [-0.05, 0) is 37.1 Å². The molecule has 0 aliphatic carbocycles. The van der Waals surface area contributed by atoms with E-state index in [0.29, 0.717) is 34.2 Å². The molecule has 0 radical (unpaired) electrons. The fourth-order valence-corrected chi connectivity index (χ4v) is 6.62. The van der Waals surface area contributed by atoms with E-state index in [1.807, 2.05) is 0 Å². The lowest BCUT2D eigenvalue weighted by Crippen LogP contribution is -2.42. The van der Waals surface area contributed by atoms with Crippen molar-refractivity contribution in [1.82, 2.24) is 14.5 Å². The minimum Gasteiger partial charge on any atom is -0.497 e. The normalized spacial score (nSPS) is 16.8. The summed E-state index contributed by atoms with van der Waals surface area (Å²) < 4.78 is 43.5. The number of anilines is 1. The second kappa shape index (κ2) is 9.06. The Morgan fingerprint density at radius 2 is 1.94 bits per heavy atom. The molecular weight excluding hydrogens is 480 g/mol. The van der Waals surface area contributed by atoms with Gasteiger partial charge in [0.1, 0.15) is 21.8 Å². The minimum atomic E-state index is -3.85. The number of ether oxygens (including phenoxy) is 2. The zero-order valence-electron chi connectivity index (χ0n) is 17.1. The van der Waals surface area contributed by atoms with Gasteiger partial charge < -0.3 is 13.9 Å². The standard InChI is InChI=1S/C19H19ClN4O6S2/c1-28-12-8-11(9-13(10-12)29-2)18-22-23-19(30-18)21-17(25)14-4-3-7-24(14)32(26,27)16-6-5-15(20)31-16/h5-6,8-10,14H,3-4,7H2,1-2H3,(H,21,23,25). The van der Waals surface area contributed by atoms with E-state index in [1.54, 1.807) is 18.2 Å². The van der Waals surface area contributed by atoms with Crippen molar-refractivity contribution >= 4 is 44.9 Å². The van der Waals surface area contributed by atoms with E-state index in [2.05, 4.69) is 15.5 Å². The van der Waals surface area contributed by atoms with Gasteiger partial charge in [0.25, 0.3) is 10.0 Å². The molecule has 1 aromatic carbocycles. The molecule has 1 saturated heterocycles. The predicted molar refractivity (Wildman–Crippen MR) is 118 cm³/mol. The first kappa shape index (κ1) is 22.5. The van der Waals surface area contributed by atoms with Crippen LogP contribution in [0.25, 0.3) is 11.5 Å². The molecule has 3 aromatic rings. The van der Waals surface area contributed by atoms with E-state index in [0.717, 1.165) is 11.3 Å². The molecule has 1 fully saturated rings. The van der Waals surface area contributed by atoms with Gasteiger partial charge in [0.2, 0.25) is 11.8 Å². The van der Waals surface area contributed by atoms with Gasteiger partial charge in [-0.25, -0.2) is 8.42 Å². The molecule has 4 rings (SSSR count). The third-order valence-electron chi connectivity index (χ3n) is 4.87. The van der Waals surface area contributed by atoms with Crippen LogP contribution in [0.15, 0.2) is 39.0 Å². The lowest BCUT2D eigenvalue weighted by molar-refractivity contribution is -0.119. The fraction of sp³-hybridized carbons (Fsp3) is 0.316. The Morgan fingerprint density at radius 1 is 1.22 bits per heavy atom. The third-order valence-corrected chi connectivity index (χ3v) is 8.48. The van der Waals surface area contributed by atoms with Crippen LogP contribution in [0.3, 0.4) is 0 Å². The van der Waals surface area contributed by atoms with Crippen LogP contribution in [0, 0.1) is 0 Å². The van der Waals surface area contributed by atoms with Crippen LogP contribution >= 0.6 is 22.9 Å². The molecule has 13 heteroatoms. The molecular formula is C19H19ClN4O6S2. The summed E-state index contributed by atoms with van der Waals surface area (Å²) in [5.41, 5.74) is 0.536. The molecule has 1 aliphatic rings. The molecule has 2 aromatic heterocycles. The van der Waals surface area contributed by atoms with Gasteiger partial charge in [-0.2, -0.15) is 4.31 Å². The summed E-state index contributed by atoms with van der Waals surface area (Å²) in [6, 6.07) is 6.96. The average molecular weight is 499 g/mol. The van der Waals surface area contributed by atoms with Crippen molar-refractivity contribution in [2.24, 2.45) is 0 Å². The maximum atomic E-state index is 12.9. The van der Waals surface area contributed by atoms with Gasteiger partial charge in [-0.1, -0.05) is 16.7 Å². The van der Waals surface area contributed by atoms with Gasteiger partial charge >= 0.3 is 6.01 Å². The van der Waals surface area contributed by atoms with Crippen LogP contribution in [-0.2, 0) is 14.8 Å². The molecule has 1 N–H and O–H groups in total. The summed E-state index contributed by atoms with van der Waals surface area (Å²) in [5.74, 6) is 0.654. The number of amides is 1. The largest absolute Gasteiger partial charge is 0.497 e. The Bertz CT molecular complexity index is 1220. The number of hydrogen-bond acceptors (Lipinski definition) is 9. The summed E-state index contributed by atoms with van der Waals surface area (Å²) in [6.45, 7) is 0.231. The molecule has 1 aliphatic heterocycles. The highest BCUT2D eigenvalue weighted by Crippen LogP contribution is 2.33. The average Bonchev–Trinajstić information content (AvgIpc) is 3.54. The first-order valence-electron chi connectivity index (χ1n) is 9.47. The van der Waals surface area contributed by atoms with Crippen LogP contribution in [0.5, 0.6) is 11.5 Å². The quantitative estimate of drug-likeness (QED) is 0.526. The number of nitrogens with zero attached hydrogens (tertiary/aromatic N) is 3. The van der Waals surface area contributed by atoms with E-state index >= 15 is 0 Å². The number of sulfonamides is 1. The number of carbonyl (C=O) groups excluding carboxylic acids is 1. The Hall–Kier alpha value is -2.67. The molecule has 1 amide bonds. The van der Waals surface area contributed by atoms with Crippen molar-refractivity contribution in [3.8, 4) is 23.0 Å². The van der Waals surface area contributed by atoms with Gasteiger partial charge in [0, 0.05) is 18.2 Å². The molecule has 170 valence electrons.